The molecule has 0 radical (unpaired) electrons. The van der Waals surface area contributed by atoms with E-state index < -0.39 is 0 Å². The fraction of sp³-hybridized carbons (Fsp3) is 0.562. The molecular formula is C16H22N2O. The number of hydrogen-bond donors (Lipinski definition) is 2. The lowest BCUT2D eigenvalue weighted by molar-refractivity contribution is -0.118. The highest BCUT2D eigenvalue weighted by atomic mass is 16.2. The fourth-order valence-corrected chi connectivity index (χ4v) is 2.91. The molecule has 0 aromatic heterocycles. The first-order valence-electron chi connectivity index (χ1n) is 7.18. The Labute approximate surface area is 114 Å². The van der Waals surface area contributed by atoms with Gasteiger partial charge in [-0.15, -0.1) is 0 Å². The number of benzene rings is 1. The van der Waals surface area contributed by atoms with Gasteiger partial charge in [-0.2, -0.15) is 0 Å². The van der Waals surface area contributed by atoms with Crippen molar-refractivity contribution in [3.63, 3.8) is 0 Å². The molecule has 1 amide bonds. The molecule has 1 fully saturated rings. The minimum absolute atomic E-state index is 0.0520. The number of hydrogen-bond acceptors (Lipinski definition) is 2. The van der Waals surface area contributed by atoms with E-state index >= 15 is 0 Å². The van der Waals surface area contributed by atoms with Crippen LogP contribution in [0.2, 0.25) is 0 Å². The molecule has 2 atom stereocenters. The summed E-state index contributed by atoms with van der Waals surface area (Å²) in [4.78, 5) is 12.2. The topological polar surface area (TPSA) is 41.1 Å². The SMILES string of the molecule is CC1(C)CC1CNC1CCc2ccccc2NC1=O. The highest BCUT2D eigenvalue weighted by Crippen LogP contribution is 2.51. The summed E-state index contributed by atoms with van der Waals surface area (Å²) >= 11 is 0. The lowest BCUT2D eigenvalue weighted by atomic mass is 10.1. The van der Waals surface area contributed by atoms with Gasteiger partial charge < -0.3 is 10.6 Å². The van der Waals surface area contributed by atoms with Crippen molar-refractivity contribution in [2.24, 2.45) is 11.3 Å². The number of carbonyl (C=O) groups excluding carboxylic acids is 1. The third-order valence-corrected chi connectivity index (χ3v) is 4.62. The van der Waals surface area contributed by atoms with Crippen LogP contribution in [0, 0.1) is 11.3 Å². The van der Waals surface area contributed by atoms with Crippen LogP contribution in [0.5, 0.6) is 0 Å². The van der Waals surface area contributed by atoms with Gasteiger partial charge in [-0.1, -0.05) is 32.0 Å². The molecule has 1 heterocycles. The molecule has 1 saturated carbocycles. The average Bonchev–Trinajstić information content (AvgIpc) is 3.02. The van der Waals surface area contributed by atoms with Gasteiger partial charge in [-0.25, -0.2) is 0 Å². The number of para-hydroxylation sites is 1. The highest BCUT2D eigenvalue weighted by molar-refractivity contribution is 5.96. The van der Waals surface area contributed by atoms with E-state index in [1.807, 2.05) is 18.2 Å². The smallest absolute Gasteiger partial charge is 0.241 e. The van der Waals surface area contributed by atoms with Gasteiger partial charge in [0.05, 0.1) is 6.04 Å². The average molecular weight is 258 g/mol. The van der Waals surface area contributed by atoms with Crippen LogP contribution in [0.4, 0.5) is 5.69 Å². The number of rotatable bonds is 3. The van der Waals surface area contributed by atoms with Crippen molar-refractivity contribution in [2.45, 2.75) is 39.2 Å². The zero-order valence-corrected chi connectivity index (χ0v) is 11.7. The van der Waals surface area contributed by atoms with Gasteiger partial charge >= 0.3 is 0 Å². The molecule has 1 aromatic rings. The van der Waals surface area contributed by atoms with Crippen molar-refractivity contribution in [2.75, 3.05) is 11.9 Å². The number of anilines is 1. The number of fused-ring (bicyclic) bond motifs is 1. The first-order valence-corrected chi connectivity index (χ1v) is 7.18. The molecule has 3 heteroatoms. The van der Waals surface area contributed by atoms with E-state index in [0.717, 1.165) is 31.0 Å². The van der Waals surface area contributed by atoms with Crippen LogP contribution < -0.4 is 10.6 Å². The van der Waals surface area contributed by atoms with Gasteiger partial charge in [0.1, 0.15) is 0 Å². The number of amides is 1. The molecule has 2 unspecified atom stereocenters. The molecule has 102 valence electrons. The Morgan fingerprint density at radius 3 is 2.84 bits per heavy atom. The number of carbonyl (C=O) groups is 1. The van der Waals surface area contributed by atoms with Crippen LogP contribution in [0.15, 0.2) is 24.3 Å². The second-order valence-electron chi connectivity index (χ2n) is 6.54. The zero-order chi connectivity index (χ0) is 13.5. The van der Waals surface area contributed by atoms with Crippen molar-refractivity contribution in [3.8, 4) is 0 Å². The van der Waals surface area contributed by atoms with Crippen molar-refractivity contribution in [1.82, 2.24) is 5.32 Å². The van der Waals surface area contributed by atoms with E-state index in [-0.39, 0.29) is 11.9 Å². The van der Waals surface area contributed by atoms with E-state index in [9.17, 15) is 4.79 Å². The first kappa shape index (κ1) is 12.7. The highest BCUT2D eigenvalue weighted by Gasteiger charge is 2.45. The van der Waals surface area contributed by atoms with Crippen LogP contribution in [0.3, 0.4) is 0 Å². The minimum Gasteiger partial charge on any atom is -0.324 e. The molecular weight excluding hydrogens is 236 g/mol. The van der Waals surface area contributed by atoms with Crippen LogP contribution >= 0.6 is 0 Å². The van der Waals surface area contributed by atoms with Gasteiger partial charge in [0.2, 0.25) is 5.91 Å². The Hall–Kier alpha value is -1.35. The van der Waals surface area contributed by atoms with Gasteiger partial charge in [-0.3, -0.25) is 4.79 Å². The standard InChI is InChI=1S/C16H22N2O/c1-16(2)9-12(16)10-17-14-8-7-11-5-3-4-6-13(11)18-15(14)19/h3-6,12,14,17H,7-10H2,1-2H3,(H,18,19). The van der Waals surface area contributed by atoms with Crippen LogP contribution in [0.1, 0.15) is 32.3 Å². The summed E-state index contributed by atoms with van der Waals surface area (Å²) < 4.78 is 0. The van der Waals surface area contributed by atoms with Crippen molar-refractivity contribution in [1.29, 1.82) is 0 Å². The maximum Gasteiger partial charge on any atom is 0.241 e. The van der Waals surface area contributed by atoms with E-state index in [0.29, 0.717) is 5.41 Å². The summed E-state index contributed by atoms with van der Waals surface area (Å²) in [5, 5.41) is 6.49. The van der Waals surface area contributed by atoms with Gasteiger partial charge in [-0.05, 0) is 48.8 Å². The van der Waals surface area contributed by atoms with Gasteiger partial charge in [0, 0.05) is 5.69 Å². The monoisotopic (exact) mass is 258 g/mol. The fourth-order valence-electron chi connectivity index (χ4n) is 2.91. The van der Waals surface area contributed by atoms with Crippen LogP contribution in [0.25, 0.3) is 0 Å². The third kappa shape index (κ3) is 2.66. The second-order valence-corrected chi connectivity index (χ2v) is 6.54. The largest absolute Gasteiger partial charge is 0.324 e. The minimum atomic E-state index is -0.0520. The third-order valence-electron chi connectivity index (χ3n) is 4.62. The molecule has 19 heavy (non-hydrogen) atoms. The molecule has 2 N–H and O–H groups in total. The van der Waals surface area contributed by atoms with E-state index in [1.54, 1.807) is 0 Å². The molecule has 1 aliphatic heterocycles. The Bertz CT molecular complexity index is 495. The predicted octanol–water partition coefficient (Wildman–Crippen LogP) is 2.58. The van der Waals surface area contributed by atoms with E-state index in [2.05, 4.69) is 30.5 Å². The molecule has 3 rings (SSSR count). The normalized spacial score (nSPS) is 28.2. The predicted molar refractivity (Wildman–Crippen MR) is 77.1 cm³/mol. The Morgan fingerprint density at radius 1 is 1.37 bits per heavy atom. The van der Waals surface area contributed by atoms with Crippen LogP contribution in [-0.4, -0.2) is 18.5 Å². The summed E-state index contributed by atoms with van der Waals surface area (Å²) in [5.74, 6) is 0.842. The lowest BCUT2D eigenvalue weighted by Crippen LogP contribution is -2.41. The van der Waals surface area contributed by atoms with E-state index in [1.165, 1.54) is 12.0 Å². The van der Waals surface area contributed by atoms with Gasteiger partial charge in [0.25, 0.3) is 0 Å². The molecule has 3 nitrogen and oxygen atoms in total. The maximum absolute atomic E-state index is 12.2. The maximum atomic E-state index is 12.2. The van der Waals surface area contributed by atoms with Crippen molar-refractivity contribution < 1.29 is 4.79 Å². The zero-order valence-electron chi connectivity index (χ0n) is 11.7. The number of nitrogens with one attached hydrogen (secondary N) is 2. The van der Waals surface area contributed by atoms with E-state index in [4.69, 9.17) is 0 Å². The summed E-state index contributed by atoms with van der Waals surface area (Å²) in [7, 11) is 0. The first-order chi connectivity index (χ1) is 9.06. The van der Waals surface area contributed by atoms with Gasteiger partial charge in [0.15, 0.2) is 0 Å². The molecule has 1 aromatic carbocycles. The Balaban J connectivity index is 1.61. The second kappa shape index (κ2) is 4.64. The summed E-state index contributed by atoms with van der Waals surface area (Å²) in [6.07, 6.45) is 3.12. The van der Waals surface area contributed by atoms with Crippen molar-refractivity contribution >= 4 is 11.6 Å². The lowest BCUT2D eigenvalue weighted by Gasteiger charge is -2.15. The molecule has 2 aliphatic rings. The number of aryl methyl sites for hydroxylation is 1. The quantitative estimate of drug-likeness (QED) is 0.875. The molecule has 0 spiro atoms. The Kier molecular flexibility index (Phi) is 3.09. The molecule has 0 bridgehead atoms. The van der Waals surface area contributed by atoms with Crippen LogP contribution in [-0.2, 0) is 11.2 Å². The molecule has 1 aliphatic carbocycles. The van der Waals surface area contributed by atoms with Crippen molar-refractivity contribution in [3.05, 3.63) is 29.8 Å². The summed E-state index contributed by atoms with van der Waals surface area (Å²) in [6.45, 7) is 5.55. The summed E-state index contributed by atoms with van der Waals surface area (Å²) in [5.41, 5.74) is 2.69. The Morgan fingerprint density at radius 2 is 2.11 bits per heavy atom. The summed E-state index contributed by atoms with van der Waals surface area (Å²) in [6, 6.07) is 8.04. The molecule has 0 saturated heterocycles.